The van der Waals surface area contributed by atoms with Gasteiger partial charge in [-0.05, 0) is 106 Å². The molecule has 1 atom stereocenters. The van der Waals surface area contributed by atoms with Gasteiger partial charge in [0.25, 0.3) is 0 Å². The number of benzene rings is 2. The zero-order valence-corrected chi connectivity index (χ0v) is 25.2. The molecule has 1 saturated carbocycles. The van der Waals surface area contributed by atoms with Crippen molar-refractivity contribution in [1.29, 1.82) is 0 Å². The summed E-state index contributed by atoms with van der Waals surface area (Å²) in [6, 6.07) is 12.7. The third kappa shape index (κ3) is 5.76. The van der Waals surface area contributed by atoms with Crippen LogP contribution in [0.25, 0.3) is 10.9 Å². The number of rotatable bonds is 6. The normalized spacial score (nSPS) is 21.7. The van der Waals surface area contributed by atoms with Crippen molar-refractivity contribution in [3.05, 3.63) is 64.5 Å². The van der Waals surface area contributed by atoms with Gasteiger partial charge in [0.15, 0.2) is 8.32 Å². The van der Waals surface area contributed by atoms with Crippen LogP contribution in [0.3, 0.4) is 0 Å². The molecule has 0 bridgehead atoms. The molecule has 0 aliphatic heterocycles. The number of aliphatic hydroxyl groups is 1. The highest BCUT2D eigenvalue weighted by Gasteiger charge is 2.42. The molecule has 0 radical (unpaired) electrons. The Bertz CT molecular complexity index is 1270. The van der Waals surface area contributed by atoms with Crippen LogP contribution < -0.4 is 5.32 Å². The number of fused-ring (bicyclic) bond motifs is 1. The largest absolute Gasteiger partial charge is 0.414 e. The summed E-state index contributed by atoms with van der Waals surface area (Å²) in [7, 11) is -1.83. The minimum absolute atomic E-state index is 0.0899. The summed E-state index contributed by atoms with van der Waals surface area (Å²) in [5.74, 6) is 1.55. The van der Waals surface area contributed by atoms with Crippen molar-refractivity contribution >= 4 is 25.0 Å². The maximum absolute atomic E-state index is 11.7. The van der Waals surface area contributed by atoms with Crippen molar-refractivity contribution < 1.29 is 9.53 Å². The van der Waals surface area contributed by atoms with Gasteiger partial charge in [0.05, 0.1) is 17.2 Å². The first-order valence-electron chi connectivity index (χ1n) is 13.7. The summed E-state index contributed by atoms with van der Waals surface area (Å²) in [6.07, 6.45) is 3.38. The van der Waals surface area contributed by atoms with Gasteiger partial charge in [-0.1, -0.05) is 45.0 Å². The van der Waals surface area contributed by atoms with Crippen molar-refractivity contribution in [2.24, 2.45) is 0 Å². The van der Waals surface area contributed by atoms with Gasteiger partial charge in [-0.2, -0.15) is 0 Å². The second-order valence-corrected chi connectivity index (χ2v) is 17.4. The smallest absolute Gasteiger partial charge is 0.192 e. The fraction of sp³-hybridized carbons (Fsp3) is 0.548. The van der Waals surface area contributed by atoms with E-state index in [1.54, 1.807) is 0 Å². The topological polar surface area (TPSA) is 67.3 Å². The van der Waals surface area contributed by atoms with E-state index in [0.717, 1.165) is 41.0 Å². The molecule has 0 saturated heterocycles. The molecule has 1 aromatic heterocycles. The molecule has 1 fully saturated rings. The SMILES string of the molecule is Cc1nc(N[C@H](C)c2cccc(C)c2C)c2cc(C3(O)CCC(O[Si](C)(C)C(C)(C)C)CC3)ccc2n1. The standard InChI is InChI=1S/C31H45N3O2Si/c1-20-11-10-12-26(21(20)2)22(3)32-29-27-19-24(13-14-28(27)33-23(4)34-29)31(35)17-15-25(16-18-31)36-37(8,9)30(5,6)7/h10-14,19,22,25,35H,15-18H2,1-9H3,(H,32,33,34)/t22-,25?,31?/m1/s1. The molecular formula is C31H45N3O2Si. The van der Waals surface area contributed by atoms with Gasteiger partial charge >= 0.3 is 0 Å². The Kier molecular flexibility index (Phi) is 7.59. The molecule has 1 aliphatic carbocycles. The van der Waals surface area contributed by atoms with Crippen LogP contribution in [0.15, 0.2) is 36.4 Å². The third-order valence-electron chi connectivity index (χ3n) is 8.84. The van der Waals surface area contributed by atoms with Crippen molar-refractivity contribution in [3.8, 4) is 0 Å². The summed E-state index contributed by atoms with van der Waals surface area (Å²) < 4.78 is 6.68. The summed E-state index contributed by atoms with van der Waals surface area (Å²) in [5, 5.41) is 16.5. The van der Waals surface area contributed by atoms with E-state index in [0.29, 0.717) is 12.8 Å². The Hall–Kier alpha value is -2.28. The van der Waals surface area contributed by atoms with Crippen LogP contribution in [0, 0.1) is 20.8 Å². The minimum Gasteiger partial charge on any atom is -0.414 e. The average Bonchev–Trinajstić information content (AvgIpc) is 2.81. The quantitative estimate of drug-likeness (QED) is 0.324. The van der Waals surface area contributed by atoms with E-state index in [1.165, 1.54) is 16.7 Å². The first-order chi connectivity index (χ1) is 17.2. The maximum Gasteiger partial charge on any atom is 0.192 e. The summed E-state index contributed by atoms with van der Waals surface area (Å²) in [5.41, 5.74) is 4.82. The van der Waals surface area contributed by atoms with E-state index in [4.69, 9.17) is 9.41 Å². The van der Waals surface area contributed by atoms with Crippen LogP contribution in [-0.2, 0) is 10.0 Å². The molecular weight excluding hydrogens is 474 g/mol. The number of hydrogen-bond acceptors (Lipinski definition) is 5. The molecule has 1 heterocycles. The molecule has 0 unspecified atom stereocenters. The van der Waals surface area contributed by atoms with Crippen molar-refractivity contribution in [2.45, 2.75) is 110 Å². The van der Waals surface area contributed by atoms with E-state index >= 15 is 0 Å². The first-order valence-corrected chi connectivity index (χ1v) is 16.6. The molecule has 6 heteroatoms. The Morgan fingerprint density at radius 3 is 2.38 bits per heavy atom. The Labute approximate surface area is 224 Å². The van der Waals surface area contributed by atoms with Gasteiger partial charge < -0.3 is 14.8 Å². The Morgan fingerprint density at radius 1 is 1.05 bits per heavy atom. The van der Waals surface area contributed by atoms with Gasteiger partial charge in [0, 0.05) is 11.5 Å². The maximum atomic E-state index is 11.7. The van der Waals surface area contributed by atoms with E-state index in [-0.39, 0.29) is 17.2 Å². The zero-order valence-electron chi connectivity index (χ0n) is 24.2. The first kappa shape index (κ1) is 27.7. The lowest BCUT2D eigenvalue weighted by molar-refractivity contribution is -0.0329. The fourth-order valence-corrected chi connectivity index (χ4v) is 6.66. The summed E-state index contributed by atoms with van der Waals surface area (Å²) in [4.78, 5) is 9.47. The highest BCUT2D eigenvalue weighted by molar-refractivity contribution is 6.74. The number of aryl methyl sites for hydroxylation is 2. The van der Waals surface area contributed by atoms with Gasteiger partial charge in [-0.15, -0.1) is 0 Å². The molecule has 5 nitrogen and oxygen atoms in total. The Balaban J connectivity index is 1.59. The highest BCUT2D eigenvalue weighted by Crippen LogP contribution is 2.43. The molecule has 1 aliphatic rings. The summed E-state index contributed by atoms with van der Waals surface area (Å²) in [6.45, 7) is 19.9. The number of nitrogens with one attached hydrogen (secondary N) is 1. The Morgan fingerprint density at radius 2 is 1.73 bits per heavy atom. The van der Waals surface area contributed by atoms with Gasteiger partial charge in [-0.25, -0.2) is 9.97 Å². The fourth-order valence-electron chi connectivity index (χ4n) is 5.24. The lowest BCUT2D eigenvalue weighted by atomic mass is 9.78. The van der Waals surface area contributed by atoms with E-state index in [9.17, 15) is 5.11 Å². The van der Waals surface area contributed by atoms with Crippen molar-refractivity contribution in [3.63, 3.8) is 0 Å². The van der Waals surface area contributed by atoms with Crippen molar-refractivity contribution in [1.82, 2.24) is 9.97 Å². The zero-order chi connectivity index (χ0) is 27.2. The summed E-state index contributed by atoms with van der Waals surface area (Å²) >= 11 is 0. The van der Waals surface area contributed by atoms with Crippen LogP contribution >= 0.6 is 0 Å². The molecule has 0 amide bonds. The lowest BCUT2D eigenvalue weighted by Gasteiger charge is -2.43. The van der Waals surface area contributed by atoms with Gasteiger partial charge in [-0.3, -0.25) is 0 Å². The molecule has 200 valence electrons. The predicted octanol–water partition coefficient (Wildman–Crippen LogP) is 7.88. The number of nitrogens with zero attached hydrogens (tertiary/aromatic N) is 2. The minimum atomic E-state index is -1.83. The molecule has 37 heavy (non-hydrogen) atoms. The van der Waals surface area contributed by atoms with E-state index in [2.05, 4.69) is 89.2 Å². The number of hydrogen-bond donors (Lipinski definition) is 2. The highest BCUT2D eigenvalue weighted by atomic mass is 28.4. The molecule has 2 aromatic carbocycles. The van der Waals surface area contributed by atoms with Crippen LogP contribution in [-0.4, -0.2) is 29.5 Å². The molecule has 3 aromatic rings. The van der Waals surface area contributed by atoms with Crippen LogP contribution in [0.1, 0.15) is 87.5 Å². The van der Waals surface area contributed by atoms with Gasteiger partial charge in [0.1, 0.15) is 11.6 Å². The average molecular weight is 520 g/mol. The molecule has 2 N–H and O–H groups in total. The molecule has 4 rings (SSSR count). The predicted molar refractivity (Wildman–Crippen MR) is 157 cm³/mol. The van der Waals surface area contributed by atoms with E-state index < -0.39 is 13.9 Å². The second-order valence-electron chi connectivity index (χ2n) is 12.6. The monoisotopic (exact) mass is 519 g/mol. The molecule has 0 spiro atoms. The van der Waals surface area contributed by atoms with Crippen LogP contribution in [0.2, 0.25) is 18.1 Å². The number of aromatic nitrogens is 2. The third-order valence-corrected chi connectivity index (χ3v) is 13.4. The van der Waals surface area contributed by atoms with Crippen LogP contribution in [0.5, 0.6) is 0 Å². The van der Waals surface area contributed by atoms with Gasteiger partial charge in [0.2, 0.25) is 0 Å². The van der Waals surface area contributed by atoms with E-state index in [1.807, 2.05) is 19.1 Å². The van der Waals surface area contributed by atoms with Crippen molar-refractivity contribution in [2.75, 3.05) is 5.32 Å². The number of anilines is 1. The van der Waals surface area contributed by atoms with Crippen LogP contribution in [0.4, 0.5) is 5.82 Å². The second kappa shape index (κ2) is 10.1. The lowest BCUT2D eigenvalue weighted by Crippen LogP contribution is -2.46.